The van der Waals surface area contributed by atoms with Gasteiger partial charge in [-0.1, -0.05) is 44.0 Å². The maximum absolute atomic E-state index is 12.7. The van der Waals surface area contributed by atoms with Gasteiger partial charge in [0.2, 0.25) is 0 Å². The molecule has 0 spiro atoms. The molecule has 0 aliphatic rings. The summed E-state index contributed by atoms with van der Waals surface area (Å²) >= 11 is 6.04. The largest absolute Gasteiger partial charge is 0.416 e. The lowest BCUT2D eigenvalue weighted by molar-refractivity contribution is -0.138. The van der Waals surface area contributed by atoms with Crippen LogP contribution in [0.15, 0.2) is 18.2 Å². The van der Waals surface area contributed by atoms with Crippen molar-refractivity contribution in [3.8, 4) is 0 Å². The summed E-state index contributed by atoms with van der Waals surface area (Å²) in [5.74, 6) is -0.364. The Kier molecular flexibility index (Phi) is 4.77. The molecule has 0 aliphatic carbocycles. The molecule has 0 saturated heterocycles. The third-order valence-corrected chi connectivity index (χ3v) is 3.22. The Morgan fingerprint density at radius 3 is 2.41 bits per heavy atom. The molecule has 94 valence electrons. The molecule has 0 aromatic heterocycles. The van der Waals surface area contributed by atoms with Crippen molar-refractivity contribution >= 4 is 37.6 Å². The van der Waals surface area contributed by atoms with Crippen LogP contribution >= 0.6 is 31.9 Å². The monoisotopic (exact) mass is 372 g/mol. The van der Waals surface area contributed by atoms with E-state index < -0.39 is 16.6 Å². The van der Waals surface area contributed by atoms with E-state index >= 15 is 0 Å². The van der Waals surface area contributed by atoms with Gasteiger partial charge in [-0.15, -0.1) is 0 Å². The van der Waals surface area contributed by atoms with E-state index in [0.29, 0.717) is 0 Å². The van der Waals surface area contributed by atoms with Gasteiger partial charge in [0.15, 0.2) is 5.78 Å². The molecule has 0 N–H and O–H groups in total. The van der Waals surface area contributed by atoms with Crippen LogP contribution in [0, 0.1) is 0 Å². The number of alkyl halides is 5. The van der Waals surface area contributed by atoms with Gasteiger partial charge in [0.1, 0.15) is 0 Å². The summed E-state index contributed by atoms with van der Waals surface area (Å²) in [4.78, 5) is 11.1. The standard InChI is InChI=1S/C11H9Br2F3O/c1-6(13)10(17)7-2-3-8(5-12)9(4-7)11(14,15)16/h2-4,6H,5H2,1H3. The second-order valence-corrected chi connectivity index (χ2v) is 5.42. The summed E-state index contributed by atoms with van der Waals surface area (Å²) in [5, 5.41) is 0.0974. The van der Waals surface area contributed by atoms with Crippen molar-refractivity contribution in [2.75, 3.05) is 0 Å². The summed E-state index contributed by atoms with van der Waals surface area (Å²) in [6, 6.07) is 3.63. The van der Waals surface area contributed by atoms with Gasteiger partial charge in [-0.2, -0.15) is 13.2 Å². The number of ketones is 1. The Hall–Kier alpha value is -0.360. The zero-order chi connectivity index (χ0) is 13.2. The fourth-order valence-electron chi connectivity index (χ4n) is 1.34. The molecule has 0 amide bonds. The fraction of sp³-hybridized carbons (Fsp3) is 0.364. The zero-order valence-electron chi connectivity index (χ0n) is 8.81. The van der Waals surface area contributed by atoms with E-state index in [0.717, 1.165) is 6.07 Å². The number of Topliss-reactive ketones (excluding diaryl/α,β-unsaturated/α-hetero) is 1. The minimum Gasteiger partial charge on any atom is -0.293 e. The van der Waals surface area contributed by atoms with Gasteiger partial charge in [0.25, 0.3) is 0 Å². The maximum Gasteiger partial charge on any atom is 0.416 e. The molecule has 0 radical (unpaired) electrons. The molecule has 1 unspecified atom stereocenters. The van der Waals surface area contributed by atoms with Crippen LogP contribution < -0.4 is 0 Å². The zero-order valence-corrected chi connectivity index (χ0v) is 12.0. The Morgan fingerprint density at radius 1 is 1.41 bits per heavy atom. The fourth-order valence-corrected chi connectivity index (χ4v) is 2.09. The van der Waals surface area contributed by atoms with Crippen molar-refractivity contribution in [1.29, 1.82) is 0 Å². The van der Waals surface area contributed by atoms with Gasteiger partial charge in [-0.25, -0.2) is 0 Å². The summed E-state index contributed by atoms with van der Waals surface area (Å²) in [7, 11) is 0. The Morgan fingerprint density at radius 2 is 2.00 bits per heavy atom. The molecule has 1 aromatic rings. The number of rotatable bonds is 3. The van der Waals surface area contributed by atoms with Gasteiger partial charge in [-0.3, -0.25) is 4.79 Å². The first-order chi connectivity index (χ1) is 7.77. The van der Waals surface area contributed by atoms with Crippen LogP contribution in [0.5, 0.6) is 0 Å². The predicted molar refractivity (Wildman–Crippen MR) is 66.8 cm³/mol. The highest BCUT2D eigenvalue weighted by atomic mass is 79.9. The number of benzene rings is 1. The summed E-state index contributed by atoms with van der Waals surface area (Å²) in [6.07, 6.45) is -4.45. The van der Waals surface area contributed by atoms with E-state index in [9.17, 15) is 18.0 Å². The molecule has 0 bridgehead atoms. The molecule has 0 aliphatic heterocycles. The number of carbonyl (C=O) groups excluding carboxylic acids is 1. The van der Waals surface area contributed by atoms with E-state index in [1.807, 2.05) is 0 Å². The van der Waals surface area contributed by atoms with Crippen molar-refractivity contribution in [2.24, 2.45) is 0 Å². The molecule has 0 heterocycles. The van der Waals surface area contributed by atoms with Crippen molar-refractivity contribution in [3.05, 3.63) is 34.9 Å². The van der Waals surface area contributed by atoms with Crippen LogP contribution in [0.2, 0.25) is 0 Å². The van der Waals surface area contributed by atoms with Gasteiger partial charge in [0.05, 0.1) is 10.4 Å². The van der Waals surface area contributed by atoms with Crippen molar-refractivity contribution in [1.82, 2.24) is 0 Å². The second-order valence-electron chi connectivity index (χ2n) is 3.48. The van der Waals surface area contributed by atoms with Gasteiger partial charge in [-0.05, 0) is 18.6 Å². The highest BCUT2D eigenvalue weighted by Gasteiger charge is 2.33. The lowest BCUT2D eigenvalue weighted by Gasteiger charge is -2.13. The summed E-state index contributed by atoms with van der Waals surface area (Å²) in [6.45, 7) is 1.58. The van der Waals surface area contributed by atoms with Crippen molar-refractivity contribution < 1.29 is 18.0 Å². The number of halogens is 5. The number of carbonyl (C=O) groups is 1. The first-order valence-electron chi connectivity index (χ1n) is 4.71. The van der Waals surface area contributed by atoms with Crippen LogP contribution in [0.4, 0.5) is 13.2 Å². The van der Waals surface area contributed by atoms with Crippen LogP contribution in [-0.2, 0) is 11.5 Å². The maximum atomic E-state index is 12.7. The predicted octanol–water partition coefficient (Wildman–Crippen LogP) is 4.57. The third-order valence-electron chi connectivity index (χ3n) is 2.21. The normalized spacial score (nSPS) is 13.5. The second kappa shape index (κ2) is 5.52. The van der Waals surface area contributed by atoms with Gasteiger partial charge >= 0.3 is 6.18 Å². The minimum atomic E-state index is -4.45. The quantitative estimate of drug-likeness (QED) is 0.560. The minimum absolute atomic E-state index is 0.0615. The third kappa shape index (κ3) is 3.55. The van der Waals surface area contributed by atoms with E-state index in [1.54, 1.807) is 6.92 Å². The lowest BCUT2D eigenvalue weighted by atomic mass is 10.0. The first kappa shape index (κ1) is 14.7. The molecule has 0 fully saturated rings. The Balaban J connectivity index is 3.28. The molecule has 1 aromatic carbocycles. The Labute approximate surface area is 114 Å². The van der Waals surface area contributed by atoms with Gasteiger partial charge < -0.3 is 0 Å². The average molecular weight is 374 g/mol. The molecule has 0 saturated carbocycles. The van der Waals surface area contributed by atoms with E-state index in [2.05, 4.69) is 31.9 Å². The van der Waals surface area contributed by atoms with Crippen LogP contribution in [0.25, 0.3) is 0 Å². The number of hydrogen-bond donors (Lipinski definition) is 0. The van der Waals surface area contributed by atoms with E-state index in [1.165, 1.54) is 12.1 Å². The SMILES string of the molecule is CC(Br)C(=O)c1ccc(CBr)c(C(F)(F)F)c1. The topological polar surface area (TPSA) is 17.1 Å². The molecular formula is C11H9Br2F3O. The average Bonchev–Trinajstić information content (AvgIpc) is 2.25. The highest BCUT2D eigenvalue weighted by Crippen LogP contribution is 2.34. The molecule has 17 heavy (non-hydrogen) atoms. The molecule has 6 heteroatoms. The van der Waals surface area contributed by atoms with Crippen molar-refractivity contribution in [3.63, 3.8) is 0 Å². The molecule has 1 nitrogen and oxygen atoms in total. The van der Waals surface area contributed by atoms with E-state index in [-0.39, 0.29) is 22.2 Å². The van der Waals surface area contributed by atoms with Gasteiger partial charge in [0, 0.05) is 10.9 Å². The molecular weight excluding hydrogens is 365 g/mol. The number of hydrogen-bond acceptors (Lipinski definition) is 1. The summed E-state index contributed by atoms with van der Waals surface area (Å²) in [5.41, 5.74) is -0.587. The molecule has 1 atom stereocenters. The van der Waals surface area contributed by atoms with E-state index in [4.69, 9.17) is 0 Å². The summed E-state index contributed by atoms with van der Waals surface area (Å²) < 4.78 is 38.2. The Bertz CT molecular complexity index is 427. The molecule has 1 rings (SSSR count). The lowest BCUT2D eigenvalue weighted by Crippen LogP contribution is -2.14. The van der Waals surface area contributed by atoms with Crippen molar-refractivity contribution in [2.45, 2.75) is 23.3 Å². The van der Waals surface area contributed by atoms with Crippen LogP contribution in [0.1, 0.15) is 28.4 Å². The van der Waals surface area contributed by atoms with Crippen LogP contribution in [0.3, 0.4) is 0 Å². The smallest absolute Gasteiger partial charge is 0.293 e. The first-order valence-corrected chi connectivity index (χ1v) is 6.75. The highest BCUT2D eigenvalue weighted by molar-refractivity contribution is 9.10. The van der Waals surface area contributed by atoms with Crippen LogP contribution in [-0.4, -0.2) is 10.6 Å².